The Hall–Kier alpha value is -2.57. The minimum Gasteiger partial charge on any atom is -0.389 e. The van der Waals surface area contributed by atoms with E-state index in [1.165, 1.54) is 6.33 Å². The van der Waals surface area contributed by atoms with E-state index in [1.807, 2.05) is 49.4 Å². The number of fused-ring (bicyclic) bond motifs is 1. The Bertz CT molecular complexity index is 777. The minimum atomic E-state index is -0.641. The van der Waals surface area contributed by atoms with Crippen LogP contribution in [0.5, 0.6) is 0 Å². The molecule has 6 nitrogen and oxygen atoms in total. The van der Waals surface area contributed by atoms with Crippen LogP contribution in [0.15, 0.2) is 55.0 Å². The number of aromatic nitrogens is 3. The smallest absolute Gasteiger partial charge is 0.164 e. The first kappa shape index (κ1) is 16.3. The summed E-state index contributed by atoms with van der Waals surface area (Å²) < 4.78 is 5.73. The summed E-state index contributed by atoms with van der Waals surface area (Å²) in [6.45, 7) is 2.55. The van der Waals surface area contributed by atoms with Crippen LogP contribution in [0, 0.1) is 0 Å². The highest BCUT2D eigenvalue weighted by Crippen LogP contribution is 2.18. The number of pyridine rings is 1. The molecular weight excluding hydrogens is 304 g/mol. The first-order valence-electron chi connectivity index (χ1n) is 7.88. The van der Waals surface area contributed by atoms with Crippen molar-refractivity contribution >= 4 is 16.9 Å². The van der Waals surface area contributed by atoms with Crippen LogP contribution in [0.2, 0.25) is 0 Å². The fraction of sp³-hybridized carbons (Fsp3) is 0.278. The van der Waals surface area contributed by atoms with Crippen molar-refractivity contribution in [1.29, 1.82) is 0 Å². The number of hydrogen-bond acceptors (Lipinski definition) is 6. The molecule has 3 aromatic rings. The number of benzene rings is 1. The normalized spacial score (nSPS) is 13.6. The van der Waals surface area contributed by atoms with Crippen LogP contribution < -0.4 is 5.32 Å². The van der Waals surface area contributed by atoms with Crippen molar-refractivity contribution in [2.45, 2.75) is 19.1 Å². The summed E-state index contributed by atoms with van der Waals surface area (Å²) in [6.07, 6.45) is 2.44. The van der Waals surface area contributed by atoms with Crippen LogP contribution in [0.25, 0.3) is 11.0 Å². The van der Waals surface area contributed by atoms with Crippen LogP contribution in [-0.2, 0) is 4.74 Å². The number of nitrogens with zero attached hydrogens (tertiary/aromatic N) is 3. The minimum absolute atomic E-state index is 0.0649. The summed E-state index contributed by atoms with van der Waals surface area (Å²) in [5.74, 6) is 0.656. The second kappa shape index (κ2) is 7.81. The van der Waals surface area contributed by atoms with Crippen molar-refractivity contribution in [2.24, 2.45) is 0 Å². The molecule has 0 aliphatic heterocycles. The van der Waals surface area contributed by atoms with Crippen molar-refractivity contribution in [1.82, 2.24) is 15.0 Å². The number of anilines is 1. The number of ether oxygens (including phenoxy) is 1. The molecule has 0 fully saturated rings. The van der Waals surface area contributed by atoms with Gasteiger partial charge in [-0.05, 0) is 24.6 Å². The zero-order valence-electron chi connectivity index (χ0n) is 13.5. The standard InChI is InChI=1S/C18H20N4O2/c1-13(14-6-3-2-4-7-14)24-11-15(23)10-20-18-16-8-5-9-19-17(16)21-12-22-18/h2-9,12-13,15,23H,10-11H2,1H3,(H,19,20,21,22)/t13-,15+/m0/s1. The lowest BCUT2D eigenvalue weighted by Crippen LogP contribution is -2.26. The average Bonchev–Trinajstić information content (AvgIpc) is 2.65. The lowest BCUT2D eigenvalue weighted by atomic mass is 10.1. The second-order valence-corrected chi connectivity index (χ2v) is 5.52. The lowest BCUT2D eigenvalue weighted by molar-refractivity contribution is 0.00242. The van der Waals surface area contributed by atoms with Gasteiger partial charge in [-0.15, -0.1) is 0 Å². The topological polar surface area (TPSA) is 80.2 Å². The molecule has 6 heteroatoms. The van der Waals surface area contributed by atoms with Gasteiger partial charge in [-0.3, -0.25) is 0 Å². The number of hydrogen-bond donors (Lipinski definition) is 2. The maximum atomic E-state index is 10.1. The van der Waals surface area contributed by atoms with Gasteiger partial charge in [0.05, 0.1) is 24.2 Å². The third kappa shape index (κ3) is 4.04. The summed E-state index contributed by atoms with van der Waals surface area (Å²) in [5, 5.41) is 14.1. The number of nitrogens with one attached hydrogen (secondary N) is 1. The van der Waals surface area contributed by atoms with Gasteiger partial charge in [0.1, 0.15) is 12.1 Å². The molecule has 3 rings (SSSR count). The largest absolute Gasteiger partial charge is 0.389 e. The van der Waals surface area contributed by atoms with Gasteiger partial charge >= 0.3 is 0 Å². The van der Waals surface area contributed by atoms with Crippen molar-refractivity contribution in [3.63, 3.8) is 0 Å². The zero-order chi connectivity index (χ0) is 16.8. The summed E-state index contributed by atoms with van der Waals surface area (Å²) >= 11 is 0. The molecule has 0 aliphatic carbocycles. The van der Waals surface area contributed by atoms with Crippen LogP contribution in [-0.4, -0.2) is 39.3 Å². The fourth-order valence-electron chi connectivity index (χ4n) is 2.39. The molecule has 2 N–H and O–H groups in total. The Balaban J connectivity index is 1.53. The maximum Gasteiger partial charge on any atom is 0.164 e. The molecular formula is C18H20N4O2. The van der Waals surface area contributed by atoms with Crippen LogP contribution in [0.1, 0.15) is 18.6 Å². The molecule has 124 valence electrons. The van der Waals surface area contributed by atoms with E-state index < -0.39 is 6.10 Å². The highest BCUT2D eigenvalue weighted by Gasteiger charge is 2.11. The molecule has 0 saturated heterocycles. The predicted octanol–water partition coefficient (Wildman–Crippen LogP) is 2.58. The van der Waals surface area contributed by atoms with Crippen molar-refractivity contribution in [3.8, 4) is 0 Å². The van der Waals surface area contributed by atoms with E-state index in [2.05, 4.69) is 20.3 Å². The number of rotatable bonds is 7. The molecule has 2 heterocycles. The lowest BCUT2D eigenvalue weighted by Gasteiger charge is -2.17. The van der Waals surface area contributed by atoms with Gasteiger partial charge in [-0.1, -0.05) is 30.3 Å². The number of aliphatic hydroxyl groups is 1. The molecule has 0 amide bonds. The van der Waals surface area contributed by atoms with E-state index in [0.717, 1.165) is 10.9 Å². The first-order valence-corrected chi connectivity index (χ1v) is 7.88. The van der Waals surface area contributed by atoms with Gasteiger partial charge in [0.2, 0.25) is 0 Å². The summed E-state index contributed by atoms with van der Waals surface area (Å²) in [5.41, 5.74) is 1.71. The predicted molar refractivity (Wildman–Crippen MR) is 92.6 cm³/mol. The van der Waals surface area contributed by atoms with E-state index in [4.69, 9.17) is 4.74 Å². The maximum absolute atomic E-state index is 10.1. The van der Waals surface area contributed by atoms with Crippen molar-refractivity contribution < 1.29 is 9.84 Å². The fourth-order valence-corrected chi connectivity index (χ4v) is 2.39. The third-order valence-electron chi connectivity index (χ3n) is 3.72. The van der Waals surface area contributed by atoms with Crippen LogP contribution in [0.3, 0.4) is 0 Å². The summed E-state index contributed by atoms with van der Waals surface area (Å²) in [4.78, 5) is 12.5. The van der Waals surface area contributed by atoms with Gasteiger partial charge in [0.15, 0.2) is 5.65 Å². The van der Waals surface area contributed by atoms with Crippen LogP contribution >= 0.6 is 0 Å². The highest BCUT2D eigenvalue weighted by atomic mass is 16.5. The van der Waals surface area contributed by atoms with E-state index in [-0.39, 0.29) is 12.7 Å². The zero-order valence-corrected chi connectivity index (χ0v) is 13.5. The number of aliphatic hydroxyl groups excluding tert-OH is 1. The third-order valence-corrected chi connectivity index (χ3v) is 3.72. The van der Waals surface area contributed by atoms with Gasteiger partial charge in [0.25, 0.3) is 0 Å². The molecule has 2 aromatic heterocycles. The molecule has 0 aliphatic rings. The van der Waals surface area contributed by atoms with Crippen LogP contribution in [0.4, 0.5) is 5.82 Å². The monoisotopic (exact) mass is 324 g/mol. The van der Waals surface area contributed by atoms with Crippen molar-refractivity contribution in [3.05, 3.63) is 60.6 Å². The van der Waals surface area contributed by atoms with Gasteiger partial charge in [0, 0.05) is 12.7 Å². The van der Waals surface area contributed by atoms with Gasteiger partial charge in [-0.25, -0.2) is 15.0 Å². The Kier molecular flexibility index (Phi) is 5.30. The Morgan fingerprint density at radius 2 is 1.92 bits per heavy atom. The molecule has 0 spiro atoms. The second-order valence-electron chi connectivity index (χ2n) is 5.52. The van der Waals surface area contributed by atoms with Crippen molar-refractivity contribution in [2.75, 3.05) is 18.5 Å². The van der Waals surface area contributed by atoms with E-state index in [9.17, 15) is 5.11 Å². The molecule has 0 radical (unpaired) electrons. The molecule has 24 heavy (non-hydrogen) atoms. The van der Waals surface area contributed by atoms with Gasteiger partial charge in [-0.2, -0.15) is 0 Å². The SMILES string of the molecule is C[C@H](OC[C@H](O)CNc1ncnc2ncccc12)c1ccccc1. The Morgan fingerprint density at radius 1 is 1.08 bits per heavy atom. The quantitative estimate of drug-likeness (QED) is 0.695. The molecule has 2 atom stereocenters. The van der Waals surface area contributed by atoms with E-state index in [1.54, 1.807) is 6.20 Å². The first-order chi connectivity index (χ1) is 11.7. The summed E-state index contributed by atoms with van der Waals surface area (Å²) in [7, 11) is 0. The summed E-state index contributed by atoms with van der Waals surface area (Å²) in [6, 6.07) is 13.7. The molecule has 0 saturated carbocycles. The molecule has 0 unspecified atom stereocenters. The average molecular weight is 324 g/mol. The highest BCUT2D eigenvalue weighted by molar-refractivity contribution is 5.85. The van der Waals surface area contributed by atoms with E-state index >= 15 is 0 Å². The Morgan fingerprint density at radius 3 is 2.75 bits per heavy atom. The van der Waals surface area contributed by atoms with Gasteiger partial charge < -0.3 is 15.2 Å². The molecule has 0 bridgehead atoms. The Labute approximate surface area is 140 Å². The molecule has 1 aromatic carbocycles. The van der Waals surface area contributed by atoms with E-state index in [0.29, 0.717) is 18.0 Å².